The molecule has 0 fully saturated rings. The Kier molecular flexibility index (Phi) is 4.27. The molecular formula is C20H15ClO. The first-order valence-corrected chi connectivity index (χ1v) is 7.43. The zero-order valence-electron chi connectivity index (χ0n) is 11.9. The largest absolute Gasteiger partial charge is 0.508 e. The maximum Gasteiger partial charge on any atom is 0.115 e. The van der Waals surface area contributed by atoms with E-state index in [9.17, 15) is 5.11 Å². The standard InChI is InChI=1S/C20H15ClO/c21-20(17-9-5-2-6-10-17)19(15-7-3-1-4-8-15)16-11-13-18(22)14-12-16/h1-14,22H. The second kappa shape index (κ2) is 6.50. The van der Waals surface area contributed by atoms with E-state index in [1.54, 1.807) is 12.1 Å². The molecule has 1 nitrogen and oxygen atoms in total. The second-order valence-electron chi connectivity index (χ2n) is 4.97. The van der Waals surface area contributed by atoms with Gasteiger partial charge in [-0.15, -0.1) is 0 Å². The van der Waals surface area contributed by atoms with E-state index < -0.39 is 0 Å². The highest BCUT2D eigenvalue weighted by molar-refractivity contribution is 6.53. The molecule has 0 amide bonds. The number of rotatable bonds is 3. The zero-order valence-corrected chi connectivity index (χ0v) is 12.7. The van der Waals surface area contributed by atoms with Gasteiger partial charge in [-0.3, -0.25) is 0 Å². The predicted molar refractivity (Wildman–Crippen MR) is 92.8 cm³/mol. The van der Waals surface area contributed by atoms with Crippen molar-refractivity contribution in [2.24, 2.45) is 0 Å². The molecule has 0 unspecified atom stereocenters. The molecular weight excluding hydrogens is 292 g/mol. The summed E-state index contributed by atoms with van der Waals surface area (Å²) in [6.45, 7) is 0. The number of hydrogen-bond acceptors (Lipinski definition) is 1. The van der Waals surface area contributed by atoms with Gasteiger partial charge >= 0.3 is 0 Å². The molecule has 0 saturated heterocycles. The van der Waals surface area contributed by atoms with Gasteiger partial charge in [0.2, 0.25) is 0 Å². The van der Waals surface area contributed by atoms with Crippen LogP contribution in [0.4, 0.5) is 0 Å². The van der Waals surface area contributed by atoms with E-state index in [4.69, 9.17) is 11.6 Å². The fourth-order valence-electron chi connectivity index (χ4n) is 2.38. The fraction of sp³-hybridized carbons (Fsp3) is 0. The molecule has 0 bridgehead atoms. The minimum atomic E-state index is 0.243. The van der Waals surface area contributed by atoms with Crippen LogP contribution >= 0.6 is 11.6 Å². The van der Waals surface area contributed by atoms with Crippen molar-refractivity contribution in [1.29, 1.82) is 0 Å². The Hall–Kier alpha value is -2.51. The summed E-state index contributed by atoms with van der Waals surface area (Å²) < 4.78 is 0. The topological polar surface area (TPSA) is 20.2 Å². The minimum Gasteiger partial charge on any atom is -0.508 e. The Bertz CT molecular complexity index is 775. The molecule has 0 aliphatic rings. The Labute approximate surface area is 135 Å². The monoisotopic (exact) mass is 306 g/mol. The van der Waals surface area contributed by atoms with E-state index in [0.29, 0.717) is 5.03 Å². The molecule has 3 aromatic rings. The van der Waals surface area contributed by atoms with Crippen LogP contribution in [0.25, 0.3) is 10.6 Å². The first-order chi connectivity index (χ1) is 10.8. The highest BCUT2D eigenvalue weighted by Gasteiger charge is 2.12. The maximum absolute atomic E-state index is 9.52. The van der Waals surface area contributed by atoms with Crippen molar-refractivity contribution in [2.45, 2.75) is 0 Å². The van der Waals surface area contributed by atoms with Crippen molar-refractivity contribution >= 4 is 22.2 Å². The van der Waals surface area contributed by atoms with Gasteiger partial charge in [0.25, 0.3) is 0 Å². The number of benzene rings is 3. The molecule has 0 saturated carbocycles. The minimum absolute atomic E-state index is 0.243. The van der Waals surface area contributed by atoms with Crippen molar-refractivity contribution in [3.05, 3.63) is 102 Å². The number of phenolic OH excluding ortho intramolecular Hbond substituents is 1. The van der Waals surface area contributed by atoms with Gasteiger partial charge in [-0.2, -0.15) is 0 Å². The summed E-state index contributed by atoms with van der Waals surface area (Å²) in [6.07, 6.45) is 0. The summed E-state index contributed by atoms with van der Waals surface area (Å²) in [7, 11) is 0. The maximum atomic E-state index is 9.52. The van der Waals surface area contributed by atoms with Crippen LogP contribution in [0, 0.1) is 0 Å². The highest BCUT2D eigenvalue weighted by Crippen LogP contribution is 2.35. The number of hydrogen-bond donors (Lipinski definition) is 1. The summed E-state index contributed by atoms with van der Waals surface area (Å²) in [5, 5.41) is 10.2. The third kappa shape index (κ3) is 3.05. The quantitative estimate of drug-likeness (QED) is 0.629. The lowest BCUT2D eigenvalue weighted by atomic mass is 9.95. The summed E-state index contributed by atoms with van der Waals surface area (Å²) >= 11 is 6.70. The SMILES string of the molecule is Oc1ccc(C(=C(Cl)c2ccccc2)c2ccccc2)cc1. The molecule has 1 N–H and O–H groups in total. The summed E-state index contributed by atoms with van der Waals surface area (Å²) in [6, 6.07) is 27.0. The lowest BCUT2D eigenvalue weighted by Gasteiger charge is -2.12. The van der Waals surface area contributed by atoms with Crippen LogP contribution in [-0.4, -0.2) is 5.11 Å². The van der Waals surface area contributed by atoms with Crippen LogP contribution in [0.2, 0.25) is 0 Å². The second-order valence-corrected chi connectivity index (χ2v) is 5.35. The molecule has 0 heterocycles. The first-order valence-electron chi connectivity index (χ1n) is 7.06. The van der Waals surface area contributed by atoms with Crippen molar-refractivity contribution in [2.75, 3.05) is 0 Å². The first kappa shape index (κ1) is 14.4. The van der Waals surface area contributed by atoms with Crippen LogP contribution < -0.4 is 0 Å². The van der Waals surface area contributed by atoms with E-state index in [2.05, 4.69) is 0 Å². The average molecular weight is 307 g/mol. The van der Waals surface area contributed by atoms with Gasteiger partial charge in [0.05, 0.1) is 5.03 Å². The zero-order chi connectivity index (χ0) is 15.4. The van der Waals surface area contributed by atoms with Gasteiger partial charge in [-0.1, -0.05) is 84.4 Å². The third-order valence-electron chi connectivity index (χ3n) is 3.47. The molecule has 0 radical (unpaired) electrons. The molecule has 0 aliphatic carbocycles. The van der Waals surface area contributed by atoms with E-state index >= 15 is 0 Å². The summed E-state index contributed by atoms with van der Waals surface area (Å²) in [5.74, 6) is 0.243. The van der Waals surface area contributed by atoms with Crippen LogP contribution in [0.3, 0.4) is 0 Å². The van der Waals surface area contributed by atoms with Crippen molar-refractivity contribution < 1.29 is 5.11 Å². The van der Waals surface area contributed by atoms with E-state index in [-0.39, 0.29) is 5.75 Å². The molecule has 0 aromatic heterocycles. The van der Waals surface area contributed by atoms with Gasteiger partial charge in [-0.25, -0.2) is 0 Å². The van der Waals surface area contributed by atoms with E-state index in [1.165, 1.54) is 0 Å². The third-order valence-corrected chi connectivity index (χ3v) is 3.87. The molecule has 0 atom stereocenters. The molecule has 3 rings (SSSR count). The van der Waals surface area contributed by atoms with Crippen molar-refractivity contribution in [3.63, 3.8) is 0 Å². The van der Waals surface area contributed by atoms with Gasteiger partial charge in [0, 0.05) is 5.57 Å². The Balaban J connectivity index is 2.21. The molecule has 2 heteroatoms. The van der Waals surface area contributed by atoms with Crippen molar-refractivity contribution in [3.8, 4) is 5.75 Å². The predicted octanol–water partition coefficient (Wildman–Crippen LogP) is 5.55. The van der Waals surface area contributed by atoms with Crippen LogP contribution in [-0.2, 0) is 0 Å². The lowest BCUT2D eigenvalue weighted by Crippen LogP contribution is -1.91. The molecule has 22 heavy (non-hydrogen) atoms. The number of phenols is 1. The highest BCUT2D eigenvalue weighted by atomic mass is 35.5. The summed E-state index contributed by atoms with van der Waals surface area (Å²) in [5.41, 5.74) is 3.93. The molecule has 0 spiro atoms. The van der Waals surface area contributed by atoms with Gasteiger partial charge < -0.3 is 5.11 Å². The van der Waals surface area contributed by atoms with Crippen molar-refractivity contribution in [1.82, 2.24) is 0 Å². The summed E-state index contributed by atoms with van der Waals surface area (Å²) in [4.78, 5) is 0. The van der Waals surface area contributed by atoms with Gasteiger partial charge in [0.15, 0.2) is 0 Å². The van der Waals surface area contributed by atoms with E-state index in [1.807, 2.05) is 72.8 Å². The van der Waals surface area contributed by atoms with Crippen LogP contribution in [0.15, 0.2) is 84.9 Å². The van der Waals surface area contributed by atoms with Gasteiger partial charge in [0.1, 0.15) is 5.75 Å². The normalized spacial score (nSPS) is 11.9. The lowest BCUT2D eigenvalue weighted by molar-refractivity contribution is 0.475. The Morgan fingerprint density at radius 3 is 1.59 bits per heavy atom. The Morgan fingerprint density at radius 2 is 1.05 bits per heavy atom. The van der Waals surface area contributed by atoms with Crippen LogP contribution in [0.5, 0.6) is 5.75 Å². The number of halogens is 1. The Morgan fingerprint density at radius 1 is 0.591 bits per heavy atom. The van der Waals surface area contributed by atoms with E-state index in [0.717, 1.165) is 22.3 Å². The molecule has 0 aliphatic heterocycles. The molecule has 3 aromatic carbocycles. The average Bonchev–Trinajstić information content (AvgIpc) is 2.58. The number of aromatic hydroxyl groups is 1. The fourth-order valence-corrected chi connectivity index (χ4v) is 2.73. The molecule has 108 valence electrons. The van der Waals surface area contributed by atoms with Crippen LogP contribution in [0.1, 0.15) is 16.7 Å². The smallest absolute Gasteiger partial charge is 0.115 e. The van der Waals surface area contributed by atoms with Gasteiger partial charge in [-0.05, 0) is 28.8 Å².